The van der Waals surface area contributed by atoms with Crippen LogP contribution in [0.2, 0.25) is 0 Å². The number of carboxylic acid groups (broad SMARTS) is 1. The van der Waals surface area contributed by atoms with Crippen LogP contribution in [0.25, 0.3) is 0 Å². The molecular weight excluding hydrogens is 260 g/mol. The van der Waals surface area contributed by atoms with E-state index in [1.807, 2.05) is 6.08 Å². The number of pyridine rings is 1. The normalized spacial score (nSPS) is 37.5. The summed E-state index contributed by atoms with van der Waals surface area (Å²) in [6.07, 6.45) is 6.34. The van der Waals surface area contributed by atoms with Crippen molar-refractivity contribution in [3.05, 3.63) is 36.7 Å². The van der Waals surface area contributed by atoms with Crippen molar-refractivity contribution in [2.24, 2.45) is 11.8 Å². The van der Waals surface area contributed by atoms with Gasteiger partial charge in [0.1, 0.15) is 11.5 Å². The van der Waals surface area contributed by atoms with E-state index in [1.165, 1.54) is 0 Å². The van der Waals surface area contributed by atoms with Gasteiger partial charge in [0.2, 0.25) is 5.91 Å². The van der Waals surface area contributed by atoms with Gasteiger partial charge in [0.05, 0.1) is 30.5 Å². The van der Waals surface area contributed by atoms with Gasteiger partial charge in [-0.2, -0.15) is 0 Å². The fourth-order valence-corrected chi connectivity index (χ4v) is 3.51. The third-order valence-electron chi connectivity index (χ3n) is 4.34. The molecule has 1 aromatic rings. The third-order valence-corrected chi connectivity index (χ3v) is 4.34. The summed E-state index contributed by atoms with van der Waals surface area (Å²) in [7, 11) is 0. The molecule has 6 heteroatoms. The summed E-state index contributed by atoms with van der Waals surface area (Å²) < 4.78 is 5.81. The number of hydrogen-bond acceptors (Lipinski definition) is 4. The fraction of sp³-hybridized carbons (Fsp3) is 0.357. The van der Waals surface area contributed by atoms with Gasteiger partial charge in [-0.3, -0.25) is 14.6 Å². The van der Waals surface area contributed by atoms with Crippen molar-refractivity contribution in [1.82, 2.24) is 4.98 Å². The van der Waals surface area contributed by atoms with Gasteiger partial charge in [-0.25, -0.2) is 0 Å². The molecule has 4 rings (SSSR count). The largest absolute Gasteiger partial charge is 0.481 e. The second-order valence-corrected chi connectivity index (χ2v) is 5.37. The lowest BCUT2D eigenvalue weighted by Gasteiger charge is -2.21. The molecule has 4 atom stereocenters. The molecule has 0 unspecified atom stereocenters. The molecule has 3 aliphatic heterocycles. The summed E-state index contributed by atoms with van der Waals surface area (Å²) >= 11 is 0. The van der Waals surface area contributed by atoms with Crippen molar-refractivity contribution in [2.45, 2.75) is 11.7 Å². The summed E-state index contributed by atoms with van der Waals surface area (Å²) in [6.45, 7) is 0.346. The van der Waals surface area contributed by atoms with Crippen LogP contribution in [-0.4, -0.2) is 40.2 Å². The second kappa shape index (κ2) is 3.67. The van der Waals surface area contributed by atoms with Crippen LogP contribution in [0.3, 0.4) is 0 Å². The minimum Gasteiger partial charge on any atom is -0.481 e. The number of carbonyl (C=O) groups is 2. The highest BCUT2D eigenvalue weighted by molar-refractivity contribution is 6.02. The maximum atomic E-state index is 12.6. The first-order valence-electron chi connectivity index (χ1n) is 6.44. The van der Waals surface area contributed by atoms with Crippen LogP contribution in [0, 0.1) is 11.8 Å². The molecule has 0 aromatic carbocycles. The first kappa shape index (κ1) is 11.6. The van der Waals surface area contributed by atoms with E-state index in [0.717, 1.165) is 0 Å². The van der Waals surface area contributed by atoms with Crippen molar-refractivity contribution in [3.63, 3.8) is 0 Å². The second-order valence-electron chi connectivity index (χ2n) is 5.37. The average molecular weight is 272 g/mol. The van der Waals surface area contributed by atoms with E-state index in [0.29, 0.717) is 12.2 Å². The van der Waals surface area contributed by atoms with Gasteiger partial charge < -0.3 is 14.7 Å². The lowest BCUT2D eigenvalue weighted by Crippen LogP contribution is -2.39. The summed E-state index contributed by atoms with van der Waals surface area (Å²) in [5.74, 6) is -2.62. The Morgan fingerprint density at radius 1 is 1.55 bits per heavy atom. The first-order valence-corrected chi connectivity index (χ1v) is 6.44. The van der Waals surface area contributed by atoms with Gasteiger partial charge in [-0.15, -0.1) is 0 Å². The fourth-order valence-electron chi connectivity index (χ4n) is 3.51. The van der Waals surface area contributed by atoms with Gasteiger partial charge >= 0.3 is 5.97 Å². The number of amides is 1. The number of hydrogen-bond donors (Lipinski definition) is 1. The SMILES string of the molecule is O=C(O)[C@@H]1[C@H]2C(=O)N(c3cccnc3)C[C@@]23C=C[C@H]1O3. The maximum Gasteiger partial charge on any atom is 0.310 e. The lowest BCUT2D eigenvalue weighted by molar-refractivity contribution is -0.146. The molecule has 1 N–H and O–H groups in total. The number of nitrogens with zero attached hydrogens (tertiary/aromatic N) is 2. The molecule has 102 valence electrons. The number of fused-ring (bicyclic) bond motifs is 1. The molecule has 6 nitrogen and oxygen atoms in total. The van der Waals surface area contributed by atoms with Gasteiger partial charge in [-0.05, 0) is 12.1 Å². The van der Waals surface area contributed by atoms with Crippen LogP contribution in [0.1, 0.15) is 0 Å². The Morgan fingerprint density at radius 3 is 3.10 bits per heavy atom. The van der Waals surface area contributed by atoms with E-state index in [4.69, 9.17) is 4.74 Å². The summed E-state index contributed by atoms with van der Waals surface area (Å²) in [4.78, 5) is 29.6. The average Bonchev–Trinajstić information content (AvgIpc) is 3.08. The van der Waals surface area contributed by atoms with Crippen LogP contribution in [0.4, 0.5) is 5.69 Å². The number of ether oxygens (including phenoxy) is 1. The number of anilines is 1. The molecule has 1 spiro atoms. The molecule has 20 heavy (non-hydrogen) atoms. The highest BCUT2D eigenvalue weighted by Gasteiger charge is 2.67. The Balaban J connectivity index is 1.76. The summed E-state index contributed by atoms with van der Waals surface area (Å²) in [6, 6.07) is 3.53. The zero-order valence-corrected chi connectivity index (χ0v) is 10.5. The van der Waals surface area contributed by atoms with E-state index < -0.39 is 29.5 Å². The van der Waals surface area contributed by atoms with Gasteiger partial charge in [0.15, 0.2) is 0 Å². The first-order chi connectivity index (χ1) is 9.62. The number of aliphatic carboxylic acids is 1. The molecule has 1 aromatic heterocycles. The van der Waals surface area contributed by atoms with E-state index in [1.54, 1.807) is 35.5 Å². The molecule has 0 radical (unpaired) electrons. The highest BCUT2D eigenvalue weighted by Crippen LogP contribution is 2.52. The van der Waals surface area contributed by atoms with Crippen molar-refractivity contribution in [2.75, 3.05) is 11.4 Å². The zero-order chi connectivity index (χ0) is 13.9. The molecule has 2 saturated heterocycles. The minimum absolute atomic E-state index is 0.197. The van der Waals surface area contributed by atoms with Gasteiger partial charge in [0.25, 0.3) is 0 Å². The van der Waals surface area contributed by atoms with Gasteiger partial charge in [-0.1, -0.05) is 12.2 Å². The summed E-state index contributed by atoms with van der Waals surface area (Å²) in [5, 5.41) is 9.36. The highest BCUT2D eigenvalue weighted by atomic mass is 16.5. The zero-order valence-electron chi connectivity index (χ0n) is 10.5. The molecule has 1 amide bonds. The van der Waals surface area contributed by atoms with Crippen molar-refractivity contribution in [1.29, 1.82) is 0 Å². The Kier molecular flexibility index (Phi) is 2.13. The molecule has 2 fully saturated rings. The van der Waals surface area contributed by atoms with Crippen LogP contribution >= 0.6 is 0 Å². The van der Waals surface area contributed by atoms with Crippen molar-refractivity contribution < 1.29 is 19.4 Å². The Bertz CT molecular complexity index is 629. The molecule has 2 bridgehead atoms. The lowest BCUT2D eigenvalue weighted by atomic mass is 9.77. The quantitative estimate of drug-likeness (QED) is 0.791. The number of rotatable bonds is 2. The third kappa shape index (κ3) is 1.29. The predicted molar refractivity (Wildman–Crippen MR) is 67.9 cm³/mol. The molecule has 4 heterocycles. The smallest absolute Gasteiger partial charge is 0.310 e. The van der Waals surface area contributed by atoms with E-state index in [2.05, 4.69) is 4.98 Å². The Labute approximate surface area is 114 Å². The maximum absolute atomic E-state index is 12.6. The number of carboxylic acids is 1. The molecule has 3 aliphatic rings. The monoisotopic (exact) mass is 272 g/mol. The van der Waals surface area contributed by atoms with Gasteiger partial charge in [0, 0.05) is 6.20 Å². The van der Waals surface area contributed by atoms with Crippen LogP contribution in [0.5, 0.6) is 0 Å². The number of aromatic nitrogens is 1. The van der Waals surface area contributed by atoms with E-state index in [-0.39, 0.29) is 5.91 Å². The topological polar surface area (TPSA) is 79.7 Å². The van der Waals surface area contributed by atoms with E-state index >= 15 is 0 Å². The molecule has 0 saturated carbocycles. The molecule has 0 aliphatic carbocycles. The molecular formula is C14H12N2O4. The minimum atomic E-state index is -0.979. The summed E-state index contributed by atoms with van der Waals surface area (Å²) in [5.41, 5.74) is -0.119. The Hall–Kier alpha value is -2.21. The van der Waals surface area contributed by atoms with Crippen molar-refractivity contribution in [3.8, 4) is 0 Å². The predicted octanol–water partition coefficient (Wildman–Crippen LogP) is 0.453. The van der Waals surface area contributed by atoms with Crippen LogP contribution in [0.15, 0.2) is 36.7 Å². The van der Waals surface area contributed by atoms with E-state index in [9.17, 15) is 14.7 Å². The van der Waals surface area contributed by atoms with Crippen molar-refractivity contribution >= 4 is 17.6 Å². The van der Waals surface area contributed by atoms with Crippen LogP contribution < -0.4 is 4.90 Å². The standard InChI is InChI=1S/C14H12N2O4/c17-12-11-10(13(18)19)9-3-4-14(11,20-9)7-16(12)8-2-1-5-15-6-8/h1-6,9-11H,7H2,(H,18,19)/t9-,10+,11+,14+/m1/s1. The van der Waals surface area contributed by atoms with Crippen LogP contribution in [-0.2, 0) is 14.3 Å². The number of carbonyl (C=O) groups excluding carboxylic acids is 1. The Morgan fingerprint density at radius 2 is 2.40 bits per heavy atom.